The van der Waals surface area contributed by atoms with Crippen molar-refractivity contribution in [1.82, 2.24) is 10.2 Å². The Kier molecular flexibility index (Phi) is 4.27. The van der Waals surface area contributed by atoms with Crippen LogP contribution in [0.25, 0.3) is 0 Å². The van der Waals surface area contributed by atoms with Gasteiger partial charge in [0.25, 0.3) is 0 Å². The van der Waals surface area contributed by atoms with Gasteiger partial charge in [-0.25, -0.2) is 4.79 Å². The molecule has 0 spiro atoms. The van der Waals surface area contributed by atoms with E-state index in [0.717, 1.165) is 12.7 Å². The topological polar surface area (TPSA) is 75.7 Å². The summed E-state index contributed by atoms with van der Waals surface area (Å²) in [6, 6.07) is -0.969. The van der Waals surface area contributed by atoms with E-state index in [0.29, 0.717) is 12.2 Å². The highest BCUT2D eigenvalue weighted by Gasteiger charge is 2.44. The maximum atomic E-state index is 12.4. The van der Waals surface area contributed by atoms with Crippen LogP contribution in [0.4, 0.5) is 4.79 Å². The van der Waals surface area contributed by atoms with E-state index in [2.05, 4.69) is 5.32 Å². The van der Waals surface area contributed by atoms with Crippen LogP contribution in [0.1, 0.15) is 33.6 Å². The Hall–Kier alpha value is -1.24. The van der Waals surface area contributed by atoms with Gasteiger partial charge in [0.1, 0.15) is 17.9 Å². The second kappa shape index (κ2) is 5.63. The zero-order valence-corrected chi connectivity index (χ0v) is 12.7. The van der Waals surface area contributed by atoms with Gasteiger partial charge >= 0.3 is 6.09 Å². The van der Waals surface area contributed by atoms with Gasteiger partial charge in [0.2, 0.25) is 5.91 Å². The number of carbonyl (C=O) groups is 3. The van der Waals surface area contributed by atoms with Crippen LogP contribution in [0.3, 0.4) is 0 Å². The number of nitrogens with one attached hydrogen (secondary N) is 1. The zero-order valence-electron chi connectivity index (χ0n) is 11.9. The van der Waals surface area contributed by atoms with Crippen LogP contribution in [0.5, 0.6) is 0 Å². The molecule has 0 aromatic heterocycles. The molecule has 6 nitrogen and oxygen atoms in total. The molecule has 112 valence electrons. The van der Waals surface area contributed by atoms with E-state index in [-0.39, 0.29) is 17.3 Å². The van der Waals surface area contributed by atoms with Crippen LogP contribution in [0.15, 0.2) is 0 Å². The van der Waals surface area contributed by atoms with Crippen molar-refractivity contribution in [2.45, 2.75) is 56.7 Å². The van der Waals surface area contributed by atoms with Crippen LogP contribution >= 0.6 is 11.8 Å². The first kappa shape index (κ1) is 15.2. The van der Waals surface area contributed by atoms with E-state index < -0.39 is 17.7 Å². The zero-order chi connectivity index (χ0) is 14.9. The number of piperidine rings is 1. The van der Waals surface area contributed by atoms with Gasteiger partial charge in [0.05, 0.1) is 11.4 Å². The van der Waals surface area contributed by atoms with Crippen molar-refractivity contribution >= 4 is 30.0 Å². The molecule has 2 aliphatic rings. The molecule has 0 saturated carbocycles. The summed E-state index contributed by atoms with van der Waals surface area (Å²) in [6.07, 6.45) is 1.57. The molecule has 2 rings (SSSR count). The number of carbonyl (C=O) groups excluding carboxylic acids is 3. The summed E-state index contributed by atoms with van der Waals surface area (Å²) in [6.45, 7) is 5.31. The molecule has 2 amide bonds. The molecule has 2 heterocycles. The SMILES string of the molecule is CC(C)(C)OC(=O)N[C@H]1CCC2SC[C@@H](C=O)N2C1=O. The number of amides is 2. The molecule has 0 aromatic rings. The van der Waals surface area contributed by atoms with E-state index in [9.17, 15) is 14.4 Å². The molecule has 2 saturated heterocycles. The van der Waals surface area contributed by atoms with Crippen molar-refractivity contribution in [2.75, 3.05) is 5.75 Å². The van der Waals surface area contributed by atoms with Crippen LogP contribution in [-0.2, 0) is 14.3 Å². The van der Waals surface area contributed by atoms with Gasteiger partial charge in [-0.05, 0) is 33.6 Å². The highest BCUT2D eigenvalue weighted by molar-refractivity contribution is 8.00. The third kappa shape index (κ3) is 3.26. The third-order valence-corrected chi connectivity index (χ3v) is 4.61. The van der Waals surface area contributed by atoms with Crippen molar-refractivity contribution in [2.24, 2.45) is 0 Å². The fourth-order valence-electron chi connectivity index (χ4n) is 2.41. The van der Waals surface area contributed by atoms with Crippen LogP contribution in [-0.4, -0.2) is 52.0 Å². The summed E-state index contributed by atoms with van der Waals surface area (Å²) in [5.41, 5.74) is -0.598. The molecular weight excluding hydrogens is 280 g/mol. The van der Waals surface area contributed by atoms with Gasteiger partial charge in [-0.3, -0.25) is 4.79 Å². The molecule has 0 bridgehead atoms. The Morgan fingerprint density at radius 2 is 2.15 bits per heavy atom. The lowest BCUT2D eigenvalue weighted by Gasteiger charge is -2.36. The third-order valence-electron chi connectivity index (χ3n) is 3.23. The quantitative estimate of drug-likeness (QED) is 0.774. The number of aldehydes is 1. The Bertz CT molecular complexity index is 421. The molecular formula is C13H20N2O4S. The van der Waals surface area contributed by atoms with Crippen LogP contribution in [0.2, 0.25) is 0 Å². The van der Waals surface area contributed by atoms with Crippen molar-refractivity contribution in [3.05, 3.63) is 0 Å². The van der Waals surface area contributed by atoms with Crippen LogP contribution in [0, 0.1) is 0 Å². The lowest BCUT2D eigenvalue weighted by Crippen LogP contribution is -2.56. The molecule has 0 radical (unpaired) electrons. The highest BCUT2D eigenvalue weighted by Crippen LogP contribution is 2.35. The number of hydrogen-bond donors (Lipinski definition) is 1. The number of rotatable bonds is 2. The standard InChI is InChI=1S/C13H20N2O4S/c1-13(2,3)19-12(18)14-9-4-5-10-15(11(9)17)8(6-16)7-20-10/h6,8-10H,4-5,7H2,1-3H3,(H,14,18)/t8-,9+,10?/m1/s1. The Morgan fingerprint density at radius 1 is 1.45 bits per heavy atom. The Morgan fingerprint density at radius 3 is 2.75 bits per heavy atom. The van der Waals surface area contributed by atoms with Gasteiger partial charge in [0, 0.05) is 5.75 Å². The van der Waals surface area contributed by atoms with E-state index in [1.807, 2.05) is 0 Å². The van der Waals surface area contributed by atoms with E-state index in [1.165, 1.54) is 0 Å². The second-order valence-electron chi connectivity index (χ2n) is 6.01. The average molecular weight is 300 g/mol. The molecule has 20 heavy (non-hydrogen) atoms. The number of hydrogen-bond acceptors (Lipinski definition) is 5. The predicted octanol–water partition coefficient (Wildman–Crippen LogP) is 1.14. The number of alkyl carbamates (subject to hydrolysis) is 1. The minimum Gasteiger partial charge on any atom is -0.444 e. The average Bonchev–Trinajstić information content (AvgIpc) is 2.74. The number of ether oxygens (including phenoxy) is 1. The van der Waals surface area contributed by atoms with E-state index in [1.54, 1.807) is 37.4 Å². The molecule has 2 aliphatic heterocycles. The Balaban J connectivity index is 1.98. The first-order valence-corrected chi connectivity index (χ1v) is 7.75. The molecule has 2 fully saturated rings. The smallest absolute Gasteiger partial charge is 0.408 e. The van der Waals surface area contributed by atoms with Gasteiger partial charge in [0.15, 0.2) is 0 Å². The number of fused-ring (bicyclic) bond motifs is 1. The van der Waals surface area contributed by atoms with E-state index >= 15 is 0 Å². The van der Waals surface area contributed by atoms with Crippen molar-refractivity contribution in [3.8, 4) is 0 Å². The number of nitrogens with zero attached hydrogens (tertiary/aromatic N) is 1. The molecule has 0 aliphatic carbocycles. The molecule has 1 N–H and O–H groups in total. The van der Waals surface area contributed by atoms with Gasteiger partial charge in [-0.15, -0.1) is 11.8 Å². The summed E-state index contributed by atoms with van der Waals surface area (Å²) in [5.74, 6) is 0.452. The first-order chi connectivity index (χ1) is 9.31. The van der Waals surface area contributed by atoms with Crippen molar-refractivity contribution in [1.29, 1.82) is 0 Å². The normalized spacial score (nSPS) is 29.9. The summed E-state index contributed by atoms with van der Waals surface area (Å²) >= 11 is 1.62. The minimum atomic E-state index is -0.598. The molecule has 0 aromatic carbocycles. The lowest BCUT2D eigenvalue weighted by atomic mass is 10.0. The first-order valence-electron chi connectivity index (χ1n) is 6.70. The lowest BCUT2D eigenvalue weighted by molar-refractivity contribution is -0.140. The number of thioether (sulfide) groups is 1. The summed E-state index contributed by atoms with van der Waals surface area (Å²) < 4.78 is 5.16. The maximum absolute atomic E-state index is 12.4. The fourth-order valence-corrected chi connectivity index (χ4v) is 3.79. The Labute approximate surface area is 122 Å². The predicted molar refractivity (Wildman–Crippen MR) is 75.3 cm³/mol. The summed E-state index contributed by atoms with van der Waals surface area (Å²) in [5, 5.41) is 2.67. The summed E-state index contributed by atoms with van der Waals surface area (Å²) in [4.78, 5) is 36.7. The molecule has 3 atom stereocenters. The van der Waals surface area contributed by atoms with Crippen molar-refractivity contribution < 1.29 is 19.1 Å². The van der Waals surface area contributed by atoms with Crippen molar-refractivity contribution in [3.63, 3.8) is 0 Å². The van der Waals surface area contributed by atoms with Gasteiger partial charge < -0.3 is 19.7 Å². The fraction of sp³-hybridized carbons (Fsp3) is 0.769. The maximum Gasteiger partial charge on any atom is 0.408 e. The molecule has 7 heteroatoms. The van der Waals surface area contributed by atoms with E-state index in [4.69, 9.17) is 4.74 Å². The highest BCUT2D eigenvalue weighted by atomic mass is 32.2. The largest absolute Gasteiger partial charge is 0.444 e. The monoisotopic (exact) mass is 300 g/mol. The second-order valence-corrected chi connectivity index (χ2v) is 7.22. The summed E-state index contributed by atoms with van der Waals surface area (Å²) in [7, 11) is 0. The minimum absolute atomic E-state index is 0.0642. The molecule has 1 unspecified atom stereocenters. The van der Waals surface area contributed by atoms with Gasteiger partial charge in [-0.1, -0.05) is 0 Å². The van der Waals surface area contributed by atoms with Gasteiger partial charge in [-0.2, -0.15) is 0 Å². The van der Waals surface area contributed by atoms with Crippen LogP contribution < -0.4 is 5.32 Å².